The van der Waals surface area contributed by atoms with E-state index in [1.165, 1.54) is 0 Å². The second-order valence-electron chi connectivity index (χ2n) is 9.93. The summed E-state index contributed by atoms with van der Waals surface area (Å²) < 4.78 is 0. The molecule has 0 radical (unpaired) electrons. The van der Waals surface area contributed by atoms with Crippen molar-refractivity contribution in [3.05, 3.63) is 0 Å². The maximum absolute atomic E-state index is 10.8. The number of aliphatic hydroxyl groups excluding tert-OH is 4. The highest BCUT2D eigenvalue weighted by molar-refractivity contribution is 4.96. The fraction of sp³-hybridized carbons (Fsp3) is 1.00. The van der Waals surface area contributed by atoms with Crippen LogP contribution in [0.5, 0.6) is 0 Å². The Morgan fingerprint density at radius 1 is 0.692 bits per heavy atom. The maximum atomic E-state index is 10.8. The molecule has 1 aliphatic rings. The van der Waals surface area contributed by atoms with Crippen molar-refractivity contribution < 1.29 is 20.4 Å². The lowest BCUT2D eigenvalue weighted by atomic mass is 9.65. The lowest BCUT2D eigenvalue weighted by molar-refractivity contribution is -0.107. The van der Waals surface area contributed by atoms with Crippen LogP contribution >= 0.6 is 0 Å². The minimum absolute atomic E-state index is 0.0106. The molecule has 156 valence electrons. The molecule has 1 fully saturated rings. The van der Waals surface area contributed by atoms with Crippen molar-refractivity contribution in [3.8, 4) is 0 Å². The summed E-state index contributed by atoms with van der Waals surface area (Å²) in [5.41, 5.74) is -0.391. The van der Waals surface area contributed by atoms with Crippen molar-refractivity contribution in [1.82, 2.24) is 10.6 Å². The summed E-state index contributed by atoms with van der Waals surface area (Å²) in [6.07, 6.45) is -0.952. The van der Waals surface area contributed by atoms with Crippen LogP contribution in [0.1, 0.15) is 41.5 Å². The van der Waals surface area contributed by atoms with Gasteiger partial charge in [0.2, 0.25) is 0 Å². The smallest absolute Gasteiger partial charge is 0.0613 e. The zero-order valence-corrected chi connectivity index (χ0v) is 17.5. The summed E-state index contributed by atoms with van der Waals surface area (Å²) in [5, 5.41) is 47.1. The van der Waals surface area contributed by atoms with Gasteiger partial charge >= 0.3 is 0 Å². The van der Waals surface area contributed by atoms with Gasteiger partial charge in [-0.05, 0) is 11.8 Å². The Balaban J connectivity index is 2.61. The van der Waals surface area contributed by atoms with Crippen molar-refractivity contribution in [2.75, 3.05) is 39.4 Å². The third-order valence-electron chi connectivity index (χ3n) is 6.13. The minimum atomic E-state index is -0.476. The number of hydrogen-bond acceptors (Lipinski definition) is 6. The van der Waals surface area contributed by atoms with Gasteiger partial charge in [-0.25, -0.2) is 0 Å². The highest BCUT2D eigenvalue weighted by Gasteiger charge is 2.45. The third kappa shape index (κ3) is 6.43. The van der Waals surface area contributed by atoms with Crippen LogP contribution < -0.4 is 10.6 Å². The molecule has 0 bridgehead atoms. The van der Waals surface area contributed by atoms with E-state index in [1.807, 2.05) is 41.5 Å². The second-order valence-corrected chi connectivity index (χ2v) is 9.93. The Hall–Kier alpha value is -0.240. The predicted octanol–water partition coefficient (Wildman–Crippen LogP) is 0.443. The molecule has 6 nitrogen and oxygen atoms in total. The summed E-state index contributed by atoms with van der Waals surface area (Å²) in [5.74, 6) is -0.0496. The van der Waals surface area contributed by atoms with Crippen molar-refractivity contribution in [2.45, 2.75) is 53.8 Å². The number of rotatable bonds is 10. The van der Waals surface area contributed by atoms with Gasteiger partial charge in [-0.1, -0.05) is 41.5 Å². The molecule has 1 rings (SSSR count). The molecule has 0 aromatic carbocycles. The van der Waals surface area contributed by atoms with E-state index in [0.29, 0.717) is 26.2 Å². The summed E-state index contributed by atoms with van der Waals surface area (Å²) >= 11 is 0. The first kappa shape index (κ1) is 23.8. The highest BCUT2D eigenvalue weighted by Crippen LogP contribution is 2.38. The fourth-order valence-electron chi connectivity index (χ4n) is 3.79. The van der Waals surface area contributed by atoms with E-state index in [1.54, 1.807) is 0 Å². The van der Waals surface area contributed by atoms with Crippen LogP contribution in [0.4, 0.5) is 0 Å². The topological polar surface area (TPSA) is 105 Å². The van der Waals surface area contributed by atoms with Crippen molar-refractivity contribution in [2.24, 2.45) is 34.5 Å². The SMILES string of the molecule is CC1C(CNCC(C)(C)CO)[C@@H](O)C(C)C(CNCC(C)(C)CO)[C@H]1O. The predicted molar refractivity (Wildman–Crippen MR) is 105 cm³/mol. The Morgan fingerprint density at radius 2 is 1.00 bits per heavy atom. The van der Waals surface area contributed by atoms with E-state index >= 15 is 0 Å². The Bertz CT molecular complexity index is 363. The molecule has 0 saturated heterocycles. The van der Waals surface area contributed by atoms with Crippen LogP contribution in [-0.2, 0) is 0 Å². The normalized spacial score (nSPS) is 33.5. The average molecular weight is 375 g/mol. The molecule has 0 aliphatic heterocycles. The quantitative estimate of drug-likeness (QED) is 0.332. The van der Waals surface area contributed by atoms with Crippen molar-refractivity contribution in [1.29, 1.82) is 0 Å². The third-order valence-corrected chi connectivity index (χ3v) is 6.13. The first-order chi connectivity index (χ1) is 12.0. The summed E-state index contributed by atoms with van der Waals surface area (Å²) in [6, 6.07) is 0. The van der Waals surface area contributed by atoms with Gasteiger partial charge in [0.25, 0.3) is 0 Å². The lowest BCUT2D eigenvalue weighted by Crippen LogP contribution is -2.56. The lowest BCUT2D eigenvalue weighted by Gasteiger charge is -2.47. The summed E-state index contributed by atoms with van der Waals surface area (Å²) in [4.78, 5) is 0. The maximum Gasteiger partial charge on any atom is 0.0613 e. The standard InChI is InChI=1S/C20H42N2O4/c1-13-15(7-21-9-19(3,4)11-23)18(26)14(2)16(17(13)25)8-22-10-20(5,6)12-24/h13-18,21-26H,7-12H2,1-6H3/t13?,14?,15?,16?,17-,18-/m0/s1. The van der Waals surface area contributed by atoms with E-state index < -0.39 is 12.2 Å². The van der Waals surface area contributed by atoms with Gasteiger partial charge in [-0.3, -0.25) is 0 Å². The molecule has 6 atom stereocenters. The Kier molecular flexibility index (Phi) is 8.97. The van der Waals surface area contributed by atoms with Gasteiger partial charge in [0.1, 0.15) is 0 Å². The summed E-state index contributed by atoms with van der Waals surface area (Å²) in [6.45, 7) is 14.8. The van der Waals surface area contributed by atoms with Gasteiger partial charge in [0.05, 0.1) is 12.2 Å². The Labute approximate surface area is 159 Å². The van der Waals surface area contributed by atoms with E-state index in [0.717, 1.165) is 0 Å². The zero-order valence-electron chi connectivity index (χ0n) is 17.5. The van der Waals surface area contributed by atoms with E-state index in [-0.39, 0.29) is 47.7 Å². The monoisotopic (exact) mass is 374 g/mol. The van der Waals surface area contributed by atoms with E-state index in [9.17, 15) is 20.4 Å². The minimum Gasteiger partial charge on any atom is -0.396 e. The molecule has 6 heteroatoms. The van der Waals surface area contributed by atoms with Crippen LogP contribution in [0, 0.1) is 34.5 Å². The van der Waals surface area contributed by atoms with E-state index in [4.69, 9.17) is 0 Å². The largest absolute Gasteiger partial charge is 0.396 e. The number of aliphatic hydroxyl groups is 4. The molecular weight excluding hydrogens is 332 g/mol. The van der Waals surface area contributed by atoms with Crippen LogP contribution in [0.25, 0.3) is 0 Å². The van der Waals surface area contributed by atoms with E-state index in [2.05, 4.69) is 10.6 Å². The van der Waals surface area contributed by atoms with Gasteiger partial charge in [0.15, 0.2) is 0 Å². The molecule has 0 spiro atoms. The van der Waals surface area contributed by atoms with Gasteiger partial charge in [-0.15, -0.1) is 0 Å². The average Bonchev–Trinajstić information content (AvgIpc) is 2.59. The number of nitrogens with one attached hydrogen (secondary N) is 2. The molecule has 4 unspecified atom stereocenters. The van der Waals surface area contributed by atoms with Gasteiger partial charge in [-0.2, -0.15) is 0 Å². The molecular formula is C20H42N2O4. The highest BCUT2D eigenvalue weighted by atomic mass is 16.3. The number of hydrogen-bond donors (Lipinski definition) is 6. The fourth-order valence-corrected chi connectivity index (χ4v) is 3.79. The summed E-state index contributed by atoms with van der Waals surface area (Å²) in [7, 11) is 0. The molecule has 6 N–H and O–H groups in total. The van der Waals surface area contributed by atoms with Crippen LogP contribution in [0.2, 0.25) is 0 Å². The Morgan fingerprint density at radius 3 is 1.27 bits per heavy atom. The molecule has 1 saturated carbocycles. The molecule has 0 aromatic heterocycles. The second kappa shape index (κ2) is 9.80. The molecule has 1 aliphatic carbocycles. The zero-order chi connectivity index (χ0) is 20.1. The van der Waals surface area contributed by atoms with Crippen LogP contribution in [0.3, 0.4) is 0 Å². The van der Waals surface area contributed by atoms with Crippen LogP contribution in [-0.4, -0.2) is 72.0 Å². The van der Waals surface area contributed by atoms with Gasteiger partial charge < -0.3 is 31.1 Å². The van der Waals surface area contributed by atoms with Gasteiger partial charge in [0, 0.05) is 62.1 Å². The van der Waals surface area contributed by atoms with Crippen LogP contribution in [0.15, 0.2) is 0 Å². The molecule has 0 amide bonds. The first-order valence-electron chi connectivity index (χ1n) is 9.95. The molecule has 0 heterocycles. The molecule has 0 aromatic rings. The first-order valence-corrected chi connectivity index (χ1v) is 9.95. The molecule has 26 heavy (non-hydrogen) atoms. The van der Waals surface area contributed by atoms with Crippen molar-refractivity contribution in [3.63, 3.8) is 0 Å². The van der Waals surface area contributed by atoms with Crippen molar-refractivity contribution >= 4 is 0 Å².